The minimum absolute atomic E-state index is 0.341. The summed E-state index contributed by atoms with van der Waals surface area (Å²) in [6.07, 6.45) is -2.22. The topological polar surface area (TPSA) is 9.23 Å². The van der Waals surface area contributed by atoms with Gasteiger partial charge in [0, 0.05) is 0 Å². The number of benzene rings is 1. The van der Waals surface area contributed by atoms with Gasteiger partial charge in [-0.15, -0.1) is 0 Å². The first-order valence-electron chi connectivity index (χ1n) is 4.76. The van der Waals surface area contributed by atoms with E-state index in [-0.39, 0.29) is 0 Å². The Labute approximate surface area is 85.9 Å². The molecular weight excluding hydrogens is 205 g/mol. The van der Waals surface area contributed by atoms with Crippen LogP contribution < -0.4 is 4.74 Å². The minimum atomic E-state index is -4.28. The third kappa shape index (κ3) is 2.88. The highest BCUT2D eigenvalue weighted by atomic mass is 19.4. The third-order valence-electron chi connectivity index (χ3n) is 2.26. The minimum Gasteiger partial charge on any atom is -0.484 e. The van der Waals surface area contributed by atoms with Crippen LogP contribution in [0.25, 0.3) is 0 Å². The molecule has 0 saturated heterocycles. The van der Waals surface area contributed by atoms with Crippen molar-refractivity contribution in [3.8, 4) is 5.75 Å². The van der Waals surface area contributed by atoms with E-state index in [1.165, 1.54) is 0 Å². The van der Waals surface area contributed by atoms with E-state index in [1.807, 2.05) is 0 Å². The number of hydrogen-bond acceptors (Lipinski definition) is 1. The van der Waals surface area contributed by atoms with Crippen LogP contribution in [0.15, 0.2) is 18.2 Å². The largest absolute Gasteiger partial charge is 0.484 e. The lowest BCUT2D eigenvalue weighted by atomic mass is 10.1. The van der Waals surface area contributed by atoms with E-state index >= 15 is 0 Å². The summed E-state index contributed by atoms with van der Waals surface area (Å²) in [4.78, 5) is 0. The smallest absolute Gasteiger partial charge is 0.422 e. The first-order valence-corrected chi connectivity index (χ1v) is 4.76. The van der Waals surface area contributed by atoms with Crippen molar-refractivity contribution in [3.05, 3.63) is 29.8 Å². The summed E-state index contributed by atoms with van der Waals surface area (Å²) in [5.74, 6) is 0.708. The molecule has 1 aliphatic rings. The second-order valence-electron chi connectivity index (χ2n) is 3.64. The molecule has 1 saturated carbocycles. The number of halogens is 3. The number of alkyl halides is 3. The summed E-state index contributed by atoms with van der Waals surface area (Å²) in [7, 11) is 0. The molecule has 4 heteroatoms. The van der Waals surface area contributed by atoms with E-state index in [0.29, 0.717) is 11.7 Å². The maximum atomic E-state index is 12.0. The van der Waals surface area contributed by atoms with Crippen molar-refractivity contribution in [1.82, 2.24) is 0 Å². The van der Waals surface area contributed by atoms with E-state index in [0.717, 1.165) is 18.4 Å². The van der Waals surface area contributed by atoms with E-state index in [1.54, 1.807) is 18.2 Å². The molecule has 0 N–H and O–H groups in total. The summed E-state index contributed by atoms with van der Waals surface area (Å²) in [6.45, 7) is -1.23. The van der Waals surface area contributed by atoms with E-state index in [9.17, 15) is 13.2 Å². The van der Waals surface area contributed by atoms with Gasteiger partial charge in [0.05, 0.1) is 0 Å². The van der Waals surface area contributed by atoms with Crippen molar-refractivity contribution in [2.24, 2.45) is 0 Å². The zero-order valence-electron chi connectivity index (χ0n) is 7.97. The van der Waals surface area contributed by atoms with Crippen molar-refractivity contribution in [2.45, 2.75) is 24.9 Å². The second-order valence-corrected chi connectivity index (χ2v) is 3.64. The molecule has 0 heterocycles. The molecule has 81 valence electrons. The molecule has 1 radical (unpaired) electrons. The van der Waals surface area contributed by atoms with Crippen LogP contribution in [0.3, 0.4) is 0 Å². The molecule has 1 aliphatic carbocycles. The summed E-state index contributed by atoms with van der Waals surface area (Å²) >= 11 is 0. The summed E-state index contributed by atoms with van der Waals surface area (Å²) < 4.78 is 40.6. The van der Waals surface area contributed by atoms with Gasteiger partial charge < -0.3 is 4.74 Å². The van der Waals surface area contributed by atoms with Gasteiger partial charge in [-0.25, -0.2) is 0 Å². The van der Waals surface area contributed by atoms with Crippen molar-refractivity contribution < 1.29 is 17.9 Å². The molecule has 1 aromatic rings. The van der Waals surface area contributed by atoms with Crippen LogP contribution >= 0.6 is 0 Å². The molecule has 15 heavy (non-hydrogen) atoms. The van der Waals surface area contributed by atoms with Gasteiger partial charge in [-0.2, -0.15) is 13.2 Å². The highest BCUT2D eigenvalue weighted by Crippen LogP contribution is 2.44. The second kappa shape index (κ2) is 3.76. The fourth-order valence-corrected chi connectivity index (χ4v) is 1.43. The predicted molar refractivity (Wildman–Crippen MR) is 48.8 cm³/mol. The normalized spacial score (nSPS) is 16.5. The van der Waals surface area contributed by atoms with Gasteiger partial charge >= 0.3 is 6.18 Å². The van der Waals surface area contributed by atoms with Crippen LogP contribution in [-0.4, -0.2) is 12.8 Å². The van der Waals surface area contributed by atoms with Crippen molar-refractivity contribution in [1.29, 1.82) is 0 Å². The Hall–Kier alpha value is -1.19. The zero-order valence-corrected chi connectivity index (χ0v) is 7.97. The summed E-state index contributed by atoms with van der Waals surface area (Å²) in [6, 6.07) is 7.68. The Morgan fingerprint density at radius 2 is 2.13 bits per heavy atom. The highest BCUT2D eigenvalue weighted by Gasteiger charge is 2.31. The zero-order chi connectivity index (χ0) is 10.9. The van der Waals surface area contributed by atoms with Gasteiger partial charge in [-0.1, -0.05) is 6.07 Å². The third-order valence-corrected chi connectivity index (χ3v) is 2.26. The molecule has 0 aliphatic heterocycles. The SMILES string of the molecule is FC(F)(F)COc1cc[c]cc1C1CC1. The van der Waals surface area contributed by atoms with Crippen LogP contribution in [0.2, 0.25) is 0 Å². The van der Waals surface area contributed by atoms with Gasteiger partial charge in [-0.3, -0.25) is 0 Å². The molecule has 1 aromatic carbocycles. The molecular formula is C11H10F3O. The van der Waals surface area contributed by atoms with Crippen LogP contribution in [0.5, 0.6) is 5.75 Å². The standard InChI is InChI=1S/C11H10F3O/c12-11(13,14)7-15-10-4-2-1-3-9(10)8-5-6-8/h2-4,8H,5-7H2. The van der Waals surface area contributed by atoms with Crippen molar-refractivity contribution in [2.75, 3.05) is 6.61 Å². The lowest BCUT2D eigenvalue weighted by molar-refractivity contribution is -0.153. The molecule has 0 atom stereocenters. The maximum Gasteiger partial charge on any atom is 0.422 e. The molecule has 0 bridgehead atoms. The Bertz CT molecular complexity index is 342. The van der Waals surface area contributed by atoms with Gasteiger partial charge in [0.25, 0.3) is 0 Å². The van der Waals surface area contributed by atoms with E-state index in [2.05, 4.69) is 6.07 Å². The molecule has 1 nitrogen and oxygen atoms in total. The Balaban J connectivity index is 2.06. The Morgan fingerprint density at radius 1 is 1.40 bits per heavy atom. The lowest BCUT2D eigenvalue weighted by Crippen LogP contribution is -2.19. The van der Waals surface area contributed by atoms with Crippen LogP contribution in [0, 0.1) is 6.07 Å². The van der Waals surface area contributed by atoms with Crippen LogP contribution in [-0.2, 0) is 0 Å². The fraction of sp³-hybridized carbons (Fsp3) is 0.455. The molecule has 0 aromatic heterocycles. The lowest BCUT2D eigenvalue weighted by Gasteiger charge is -2.12. The number of hydrogen-bond donors (Lipinski definition) is 0. The molecule has 0 amide bonds. The van der Waals surface area contributed by atoms with Crippen molar-refractivity contribution >= 4 is 0 Å². The van der Waals surface area contributed by atoms with Gasteiger partial charge in [0.2, 0.25) is 0 Å². The first-order chi connectivity index (χ1) is 7.06. The molecule has 2 rings (SSSR count). The summed E-state index contributed by atoms with van der Waals surface area (Å²) in [5.41, 5.74) is 0.849. The van der Waals surface area contributed by atoms with Gasteiger partial charge in [0.1, 0.15) is 5.75 Å². The first kappa shape index (κ1) is 10.3. The predicted octanol–water partition coefficient (Wildman–Crippen LogP) is 3.31. The molecule has 1 fully saturated rings. The monoisotopic (exact) mass is 215 g/mol. The number of ether oxygens (including phenoxy) is 1. The van der Waals surface area contributed by atoms with Crippen LogP contribution in [0.1, 0.15) is 24.3 Å². The molecule has 0 unspecified atom stereocenters. The number of rotatable bonds is 3. The average Bonchev–Trinajstić information content (AvgIpc) is 2.97. The highest BCUT2D eigenvalue weighted by molar-refractivity contribution is 5.38. The maximum absolute atomic E-state index is 12.0. The molecule has 0 spiro atoms. The summed E-state index contributed by atoms with van der Waals surface area (Å²) in [5, 5.41) is 0. The van der Waals surface area contributed by atoms with Crippen molar-refractivity contribution in [3.63, 3.8) is 0 Å². The van der Waals surface area contributed by atoms with Gasteiger partial charge in [-0.05, 0) is 42.5 Å². The average molecular weight is 215 g/mol. The van der Waals surface area contributed by atoms with E-state index in [4.69, 9.17) is 4.74 Å². The van der Waals surface area contributed by atoms with Crippen LogP contribution in [0.4, 0.5) is 13.2 Å². The Morgan fingerprint density at radius 3 is 2.73 bits per heavy atom. The fourth-order valence-electron chi connectivity index (χ4n) is 1.43. The quantitative estimate of drug-likeness (QED) is 0.751. The van der Waals surface area contributed by atoms with E-state index < -0.39 is 12.8 Å². The van der Waals surface area contributed by atoms with Gasteiger partial charge in [0.15, 0.2) is 6.61 Å². The Kier molecular flexibility index (Phi) is 2.59.